The summed E-state index contributed by atoms with van der Waals surface area (Å²) in [7, 11) is 0. The molecule has 23 heavy (non-hydrogen) atoms. The molecule has 0 aliphatic carbocycles. The van der Waals surface area contributed by atoms with Gasteiger partial charge in [-0.25, -0.2) is 0 Å². The second-order valence-corrected chi connectivity index (χ2v) is 5.89. The highest BCUT2D eigenvalue weighted by atomic mass is 16.5. The van der Waals surface area contributed by atoms with Gasteiger partial charge in [-0.1, -0.05) is 18.2 Å². The molecule has 6 heteroatoms. The fourth-order valence-electron chi connectivity index (χ4n) is 3.07. The van der Waals surface area contributed by atoms with E-state index in [0.29, 0.717) is 19.7 Å². The van der Waals surface area contributed by atoms with Gasteiger partial charge in [0.1, 0.15) is 6.54 Å². The van der Waals surface area contributed by atoms with Crippen molar-refractivity contribution in [3.8, 4) is 0 Å². The van der Waals surface area contributed by atoms with Crippen LogP contribution in [0.4, 0.5) is 0 Å². The average molecular weight is 316 g/mol. The summed E-state index contributed by atoms with van der Waals surface area (Å²) in [5, 5.41) is 10.0. The smallest absolute Gasteiger partial charge is 0.306 e. The quantitative estimate of drug-likeness (QED) is 0.931. The molecule has 1 aromatic heterocycles. The standard InChI is InChI=1S/C17H20N2O4/c1-12-9-19(15-5-3-2-4-14(12)15)11-16(20)18-6-7-23-13(10-18)8-17(21)22/h2-5,9,13H,6-8,10-11H2,1H3,(H,21,22)/t13-/m0/s1. The maximum absolute atomic E-state index is 12.6. The number of hydrogen-bond acceptors (Lipinski definition) is 3. The molecule has 0 unspecified atom stereocenters. The summed E-state index contributed by atoms with van der Waals surface area (Å²) >= 11 is 0. The lowest BCUT2D eigenvalue weighted by Gasteiger charge is -2.32. The Hall–Kier alpha value is -2.34. The summed E-state index contributed by atoms with van der Waals surface area (Å²) in [5.41, 5.74) is 2.17. The summed E-state index contributed by atoms with van der Waals surface area (Å²) in [6.45, 7) is 3.51. The van der Waals surface area contributed by atoms with E-state index in [2.05, 4.69) is 0 Å². The fourth-order valence-corrected chi connectivity index (χ4v) is 3.07. The highest BCUT2D eigenvalue weighted by Gasteiger charge is 2.26. The molecule has 122 valence electrons. The second-order valence-electron chi connectivity index (χ2n) is 5.89. The van der Waals surface area contributed by atoms with Gasteiger partial charge in [0.2, 0.25) is 5.91 Å². The van der Waals surface area contributed by atoms with Gasteiger partial charge < -0.3 is 19.3 Å². The number of morpholine rings is 1. The summed E-state index contributed by atoms with van der Waals surface area (Å²) in [6.07, 6.45) is 1.49. The molecule has 0 spiro atoms. The molecule has 3 rings (SSSR count). The number of aromatic nitrogens is 1. The minimum absolute atomic E-state index is 0.00978. The number of ether oxygens (including phenoxy) is 1. The van der Waals surface area contributed by atoms with Gasteiger partial charge in [-0.05, 0) is 18.6 Å². The minimum atomic E-state index is -0.906. The first-order chi connectivity index (χ1) is 11.0. The van der Waals surface area contributed by atoms with Crippen molar-refractivity contribution in [2.75, 3.05) is 19.7 Å². The topological polar surface area (TPSA) is 71.8 Å². The van der Waals surface area contributed by atoms with Gasteiger partial charge in [-0.3, -0.25) is 9.59 Å². The van der Waals surface area contributed by atoms with Crippen LogP contribution in [0.5, 0.6) is 0 Å². The summed E-state index contributed by atoms with van der Waals surface area (Å²) in [4.78, 5) is 25.0. The highest BCUT2D eigenvalue weighted by Crippen LogP contribution is 2.20. The van der Waals surface area contributed by atoms with Crippen molar-refractivity contribution in [2.45, 2.75) is 26.0 Å². The molecule has 0 saturated carbocycles. The molecule has 1 aromatic carbocycles. The molecule has 1 atom stereocenters. The fraction of sp³-hybridized carbons (Fsp3) is 0.412. The number of carbonyl (C=O) groups excluding carboxylic acids is 1. The third-order valence-electron chi connectivity index (χ3n) is 4.19. The van der Waals surface area contributed by atoms with E-state index in [-0.39, 0.29) is 18.9 Å². The van der Waals surface area contributed by atoms with E-state index >= 15 is 0 Å². The molecule has 1 saturated heterocycles. The lowest BCUT2D eigenvalue weighted by molar-refractivity contribution is -0.147. The zero-order valence-electron chi connectivity index (χ0n) is 13.1. The van der Waals surface area contributed by atoms with Gasteiger partial charge >= 0.3 is 5.97 Å². The Morgan fingerprint density at radius 3 is 2.91 bits per heavy atom. The zero-order valence-corrected chi connectivity index (χ0v) is 13.1. The first-order valence-electron chi connectivity index (χ1n) is 7.70. The van der Waals surface area contributed by atoms with Crippen LogP contribution in [-0.2, 0) is 20.9 Å². The van der Waals surface area contributed by atoms with Crippen molar-refractivity contribution in [3.63, 3.8) is 0 Å². The lowest BCUT2D eigenvalue weighted by Crippen LogP contribution is -2.47. The number of fused-ring (bicyclic) bond motifs is 1. The molecular formula is C17H20N2O4. The first-order valence-corrected chi connectivity index (χ1v) is 7.70. The highest BCUT2D eigenvalue weighted by molar-refractivity contribution is 5.86. The minimum Gasteiger partial charge on any atom is -0.481 e. The van der Waals surface area contributed by atoms with E-state index in [1.165, 1.54) is 0 Å². The number of amides is 1. The Morgan fingerprint density at radius 1 is 1.35 bits per heavy atom. The van der Waals surface area contributed by atoms with Crippen LogP contribution in [0.2, 0.25) is 0 Å². The molecule has 1 N–H and O–H groups in total. The normalized spacial score (nSPS) is 18.3. The Kier molecular flexibility index (Phi) is 4.34. The van der Waals surface area contributed by atoms with Crippen molar-refractivity contribution in [2.24, 2.45) is 0 Å². The molecule has 1 amide bonds. The van der Waals surface area contributed by atoms with Crippen molar-refractivity contribution < 1.29 is 19.4 Å². The third-order valence-corrected chi connectivity index (χ3v) is 4.19. The van der Waals surface area contributed by atoms with E-state index in [1.807, 2.05) is 42.0 Å². The van der Waals surface area contributed by atoms with Crippen molar-refractivity contribution in [1.29, 1.82) is 0 Å². The average Bonchev–Trinajstić information content (AvgIpc) is 2.84. The summed E-state index contributed by atoms with van der Waals surface area (Å²) < 4.78 is 7.37. The van der Waals surface area contributed by atoms with Crippen LogP contribution in [0.1, 0.15) is 12.0 Å². The number of aliphatic carboxylic acids is 1. The number of aryl methyl sites for hydroxylation is 1. The molecule has 1 aliphatic rings. The number of carboxylic acid groups (broad SMARTS) is 1. The van der Waals surface area contributed by atoms with Gasteiger partial charge in [0, 0.05) is 30.2 Å². The van der Waals surface area contributed by atoms with E-state index in [0.717, 1.165) is 16.5 Å². The van der Waals surface area contributed by atoms with Crippen LogP contribution in [-0.4, -0.2) is 52.3 Å². The third kappa shape index (κ3) is 3.37. The molecule has 0 radical (unpaired) electrons. The van der Waals surface area contributed by atoms with Gasteiger partial charge in [0.05, 0.1) is 19.1 Å². The Labute approximate surface area is 134 Å². The van der Waals surface area contributed by atoms with Crippen LogP contribution in [0.3, 0.4) is 0 Å². The van der Waals surface area contributed by atoms with Crippen molar-refractivity contribution in [3.05, 3.63) is 36.0 Å². The molecule has 6 nitrogen and oxygen atoms in total. The van der Waals surface area contributed by atoms with Gasteiger partial charge in [-0.15, -0.1) is 0 Å². The number of carbonyl (C=O) groups is 2. The SMILES string of the molecule is Cc1cn(CC(=O)N2CCO[C@@H](CC(=O)O)C2)c2ccccc12. The predicted molar refractivity (Wildman–Crippen MR) is 85.2 cm³/mol. The van der Waals surface area contributed by atoms with Crippen LogP contribution < -0.4 is 0 Å². The number of carboxylic acids is 1. The Morgan fingerprint density at radius 2 is 2.13 bits per heavy atom. The van der Waals surface area contributed by atoms with Crippen molar-refractivity contribution in [1.82, 2.24) is 9.47 Å². The molecule has 0 bridgehead atoms. The monoisotopic (exact) mass is 316 g/mol. The number of hydrogen-bond donors (Lipinski definition) is 1. The summed E-state index contributed by atoms with van der Waals surface area (Å²) in [5.74, 6) is -0.916. The predicted octanol–water partition coefficient (Wildman–Crippen LogP) is 1.65. The maximum atomic E-state index is 12.6. The first kappa shape index (κ1) is 15.6. The van der Waals surface area contributed by atoms with Crippen molar-refractivity contribution >= 4 is 22.8 Å². The molecule has 1 aliphatic heterocycles. The van der Waals surface area contributed by atoms with Gasteiger partial charge in [0.15, 0.2) is 0 Å². The van der Waals surface area contributed by atoms with E-state index in [4.69, 9.17) is 9.84 Å². The Bertz CT molecular complexity index is 737. The van der Waals surface area contributed by atoms with Crippen LogP contribution in [0.25, 0.3) is 10.9 Å². The number of nitrogens with zero attached hydrogens (tertiary/aromatic N) is 2. The Balaban J connectivity index is 1.72. The molecular weight excluding hydrogens is 296 g/mol. The van der Waals surface area contributed by atoms with Crippen LogP contribution >= 0.6 is 0 Å². The molecule has 2 aromatic rings. The van der Waals surface area contributed by atoms with Crippen LogP contribution in [0, 0.1) is 6.92 Å². The number of benzene rings is 1. The zero-order chi connectivity index (χ0) is 16.4. The van der Waals surface area contributed by atoms with Crippen LogP contribution in [0.15, 0.2) is 30.5 Å². The number of para-hydroxylation sites is 1. The van der Waals surface area contributed by atoms with E-state index < -0.39 is 12.1 Å². The van der Waals surface area contributed by atoms with E-state index in [9.17, 15) is 9.59 Å². The van der Waals surface area contributed by atoms with Gasteiger partial charge in [0.25, 0.3) is 0 Å². The molecule has 2 heterocycles. The second kappa shape index (κ2) is 6.42. The molecule has 1 fully saturated rings. The summed E-state index contributed by atoms with van der Waals surface area (Å²) in [6, 6.07) is 7.99. The van der Waals surface area contributed by atoms with Gasteiger partial charge in [-0.2, -0.15) is 0 Å². The number of rotatable bonds is 4. The lowest BCUT2D eigenvalue weighted by atomic mass is 10.2. The van der Waals surface area contributed by atoms with E-state index in [1.54, 1.807) is 4.90 Å². The maximum Gasteiger partial charge on any atom is 0.306 e. The largest absolute Gasteiger partial charge is 0.481 e.